The number of likely N-dealkylation sites (tertiary alicyclic amines) is 1. The maximum Gasteiger partial charge on any atom is 0.326 e. The lowest BCUT2D eigenvalue weighted by atomic mass is 9.89. The van der Waals surface area contributed by atoms with Crippen LogP contribution in [0.15, 0.2) is 24.3 Å². The third kappa shape index (κ3) is 3.33. The van der Waals surface area contributed by atoms with Crippen molar-refractivity contribution in [3.05, 3.63) is 34.9 Å². The van der Waals surface area contributed by atoms with Crippen molar-refractivity contribution in [1.29, 1.82) is 0 Å². The third-order valence-electron chi connectivity index (χ3n) is 5.67. The monoisotopic (exact) mass is 380 g/mol. The zero-order chi connectivity index (χ0) is 18.9. The normalized spacial score (nSPS) is 29.6. The molecular formula is C19H25ClN2O4. The fraction of sp³-hybridized carbons (Fsp3) is 0.579. The van der Waals surface area contributed by atoms with Gasteiger partial charge in [-0.15, -0.1) is 0 Å². The number of nitrogens with zero attached hydrogens (tertiary/aromatic N) is 2. The Hall–Kier alpha value is -1.63. The number of likely N-dealkylation sites (N-methyl/N-ethyl adjacent to an activating group) is 1. The molecule has 1 aromatic rings. The first kappa shape index (κ1) is 19.1. The second-order valence-corrected chi connectivity index (χ2v) is 7.56. The van der Waals surface area contributed by atoms with Crippen LogP contribution in [0.5, 0.6) is 0 Å². The molecule has 0 N–H and O–H groups in total. The van der Waals surface area contributed by atoms with E-state index in [4.69, 9.17) is 21.1 Å². The summed E-state index contributed by atoms with van der Waals surface area (Å²) in [6.45, 7) is 4.11. The van der Waals surface area contributed by atoms with Gasteiger partial charge in [-0.05, 0) is 38.1 Å². The number of carbonyl (C=O) groups is 2. The highest BCUT2D eigenvalue weighted by molar-refractivity contribution is 6.30. The molecule has 2 heterocycles. The fourth-order valence-corrected chi connectivity index (χ4v) is 4.19. The second kappa shape index (κ2) is 7.55. The minimum Gasteiger partial charge on any atom is -0.468 e. The fourth-order valence-electron chi connectivity index (χ4n) is 4.06. The molecule has 1 amide bonds. The van der Waals surface area contributed by atoms with Crippen LogP contribution in [-0.2, 0) is 19.1 Å². The molecule has 0 aromatic heterocycles. The Kier molecular flexibility index (Phi) is 5.55. The van der Waals surface area contributed by atoms with Gasteiger partial charge in [0.25, 0.3) is 0 Å². The lowest BCUT2D eigenvalue weighted by Crippen LogP contribution is -2.47. The Labute approximate surface area is 159 Å². The van der Waals surface area contributed by atoms with Crippen molar-refractivity contribution in [2.45, 2.75) is 24.9 Å². The summed E-state index contributed by atoms with van der Waals surface area (Å²) in [4.78, 5) is 29.6. The second-order valence-electron chi connectivity index (χ2n) is 7.12. The van der Waals surface area contributed by atoms with Crippen LogP contribution in [0.3, 0.4) is 0 Å². The van der Waals surface area contributed by atoms with E-state index < -0.39 is 5.54 Å². The molecule has 0 radical (unpaired) electrons. The largest absolute Gasteiger partial charge is 0.468 e. The molecule has 1 aromatic carbocycles. The third-order valence-corrected chi connectivity index (χ3v) is 5.92. The van der Waals surface area contributed by atoms with Crippen molar-refractivity contribution in [1.82, 2.24) is 9.80 Å². The molecule has 2 aliphatic heterocycles. The van der Waals surface area contributed by atoms with E-state index in [9.17, 15) is 9.59 Å². The lowest BCUT2D eigenvalue weighted by Gasteiger charge is -2.34. The minimum atomic E-state index is -0.855. The Balaban J connectivity index is 1.96. The van der Waals surface area contributed by atoms with Crippen molar-refractivity contribution in [3.8, 4) is 0 Å². The quantitative estimate of drug-likeness (QED) is 0.752. The van der Waals surface area contributed by atoms with E-state index in [0.717, 1.165) is 5.56 Å². The number of amides is 1. The molecule has 26 heavy (non-hydrogen) atoms. The summed E-state index contributed by atoms with van der Waals surface area (Å²) < 4.78 is 10.4. The molecule has 0 spiro atoms. The summed E-state index contributed by atoms with van der Waals surface area (Å²) in [6.07, 6.45) is 0.416. The molecule has 3 atom stereocenters. The smallest absolute Gasteiger partial charge is 0.326 e. The highest BCUT2D eigenvalue weighted by atomic mass is 35.5. The molecular weight excluding hydrogens is 356 g/mol. The Bertz CT molecular complexity index is 675. The Morgan fingerprint density at radius 1 is 1.23 bits per heavy atom. The van der Waals surface area contributed by atoms with Crippen LogP contribution in [0.4, 0.5) is 0 Å². The number of esters is 1. The summed E-state index contributed by atoms with van der Waals surface area (Å²) in [5.74, 6) is -0.590. The molecule has 2 saturated heterocycles. The van der Waals surface area contributed by atoms with Gasteiger partial charge < -0.3 is 14.4 Å². The van der Waals surface area contributed by atoms with Gasteiger partial charge in [-0.2, -0.15) is 0 Å². The van der Waals surface area contributed by atoms with Crippen molar-refractivity contribution in [2.24, 2.45) is 5.92 Å². The maximum atomic E-state index is 13.3. The summed E-state index contributed by atoms with van der Waals surface area (Å²) >= 11 is 6.03. The highest BCUT2D eigenvalue weighted by Gasteiger charge is 2.55. The number of halogens is 1. The molecule has 2 fully saturated rings. The van der Waals surface area contributed by atoms with E-state index >= 15 is 0 Å². The molecule has 0 saturated carbocycles. The van der Waals surface area contributed by atoms with Crippen LogP contribution in [-0.4, -0.2) is 67.7 Å². The number of benzene rings is 1. The first-order valence-electron chi connectivity index (χ1n) is 8.82. The zero-order valence-corrected chi connectivity index (χ0v) is 16.2. The Morgan fingerprint density at radius 3 is 2.42 bits per heavy atom. The van der Waals surface area contributed by atoms with E-state index in [2.05, 4.69) is 0 Å². The molecule has 0 aliphatic carbocycles. The van der Waals surface area contributed by atoms with Gasteiger partial charge in [0.1, 0.15) is 5.54 Å². The van der Waals surface area contributed by atoms with Gasteiger partial charge in [0.2, 0.25) is 5.91 Å². The van der Waals surface area contributed by atoms with E-state index in [0.29, 0.717) is 37.7 Å². The van der Waals surface area contributed by atoms with Crippen LogP contribution in [0.2, 0.25) is 5.02 Å². The highest BCUT2D eigenvalue weighted by Crippen LogP contribution is 2.47. The summed E-state index contributed by atoms with van der Waals surface area (Å²) in [5.41, 5.74) is 0.113. The number of carbonyl (C=O) groups excluding carboxylic acids is 2. The topological polar surface area (TPSA) is 59.1 Å². The molecule has 3 rings (SSSR count). The predicted octanol–water partition coefficient (Wildman–Crippen LogP) is 2.12. The van der Waals surface area contributed by atoms with Gasteiger partial charge in [-0.3, -0.25) is 14.5 Å². The SMILES string of the molecule is COC(=O)[C@@]1(C)C[C@@H](C(=O)N2CCOCC2)[C@@H](c2ccc(Cl)cc2)N1C. The van der Waals surface area contributed by atoms with Crippen LogP contribution in [0.1, 0.15) is 24.9 Å². The van der Waals surface area contributed by atoms with Gasteiger partial charge in [0, 0.05) is 24.2 Å². The number of hydrogen-bond acceptors (Lipinski definition) is 5. The van der Waals surface area contributed by atoms with Gasteiger partial charge in [-0.1, -0.05) is 23.7 Å². The Morgan fingerprint density at radius 2 is 1.85 bits per heavy atom. The van der Waals surface area contributed by atoms with Crippen molar-refractivity contribution in [2.75, 3.05) is 40.5 Å². The van der Waals surface area contributed by atoms with E-state index in [1.165, 1.54) is 7.11 Å². The van der Waals surface area contributed by atoms with Gasteiger partial charge in [0.15, 0.2) is 0 Å². The molecule has 0 unspecified atom stereocenters. The summed E-state index contributed by atoms with van der Waals surface area (Å²) in [6, 6.07) is 7.26. The van der Waals surface area contributed by atoms with Gasteiger partial charge >= 0.3 is 5.97 Å². The first-order valence-corrected chi connectivity index (χ1v) is 9.19. The number of morpholine rings is 1. The van der Waals surface area contributed by atoms with Crippen molar-refractivity contribution >= 4 is 23.5 Å². The van der Waals surface area contributed by atoms with E-state index in [-0.39, 0.29) is 23.8 Å². The first-order chi connectivity index (χ1) is 12.4. The molecule has 7 heteroatoms. The van der Waals surface area contributed by atoms with Gasteiger partial charge in [0.05, 0.1) is 26.2 Å². The number of rotatable bonds is 3. The molecule has 6 nitrogen and oxygen atoms in total. The van der Waals surface area contributed by atoms with Crippen LogP contribution in [0, 0.1) is 5.92 Å². The van der Waals surface area contributed by atoms with Crippen LogP contribution >= 0.6 is 11.6 Å². The zero-order valence-electron chi connectivity index (χ0n) is 15.4. The van der Waals surface area contributed by atoms with Crippen molar-refractivity contribution < 1.29 is 19.1 Å². The number of ether oxygens (including phenoxy) is 2. The summed E-state index contributed by atoms with van der Waals surface area (Å²) in [5, 5.41) is 0.640. The van der Waals surface area contributed by atoms with Crippen molar-refractivity contribution in [3.63, 3.8) is 0 Å². The minimum absolute atomic E-state index is 0.0627. The average Bonchev–Trinajstić information content (AvgIpc) is 2.94. The molecule has 2 aliphatic rings. The average molecular weight is 381 g/mol. The lowest BCUT2D eigenvalue weighted by molar-refractivity contribution is -0.152. The maximum absolute atomic E-state index is 13.3. The summed E-state index contributed by atoms with van der Waals surface area (Å²) in [7, 11) is 3.26. The number of hydrogen-bond donors (Lipinski definition) is 0. The standard InChI is InChI=1S/C19H25ClN2O4/c1-19(18(24)25-3)12-15(17(23)22-8-10-26-11-9-22)16(21(19)2)13-4-6-14(20)7-5-13/h4-7,15-16H,8-12H2,1-3H3/t15-,16-,19-/m1/s1. The van der Waals surface area contributed by atoms with E-state index in [1.807, 2.05) is 48.0 Å². The van der Waals surface area contributed by atoms with Gasteiger partial charge in [-0.25, -0.2) is 0 Å². The predicted molar refractivity (Wildman–Crippen MR) is 97.9 cm³/mol. The molecule has 0 bridgehead atoms. The number of methoxy groups -OCH3 is 1. The molecule has 142 valence electrons. The van der Waals surface area contributed by atoms with Crippen LogP contribution < -0.4 is 0 Å². The van der Waals surface area contributed by atoms with Crippen LogP contribution in [0.25, 0.3) is 0 Å². The van der Waals surface area contributed by atoms with E-state index in [1.54, 1.807) is 0 Å².